The van der Waals surface area contributed by atoms with Crippen LogP contribution in [0, 0.1) is 6.92 Å². The molecule has 21 heavy (non-hydrogen) atoms. The molecule has 3 rings (SSSR count). The second kappa shape index (κ2) is 5.69. The number of likely N-dealkylation sites (N-methyl/N-ethyl adjacent to an activating group) is 1. The lowest BCUT2D eigenvalue weighted by Gasteiger charge is -2.15. The van der Waals surface area contributed by atoms with Crippen LogP contribution >= 0.6 is 11.3 Å². The van der Waals surface area contributed by atoms with Crippen molar-refractivity contribution in [3.8, 4) is 0 Å². The Morgan fingerprint density at radius 1 is 1.38 bits per heavy atom. The summed E-state index contributed by atoms with van der Waals surface area (Å²) < 4.78 is 0. The third-order valence-corrected chi connectivity index (χ3v) is 4.33. The highest BCUT2D eigenvalue weighted by atomic mass is 32.1. The molecule has 0 fully saturated rings. The monoisotopic (exact) mass is 299 g/mol. The maximum absolute atomic E-state index is 12.4. The molecule has 0 unspecified atom stereocenters. The highest BCUT2D eigenvalue weighted by Crippen LogP contribution is 2.19. The molecule has 0 atom stereocenters. The zero-order valence-corrected chi connectivity index (χ0v) is 12.9. The van der Waals surface area contributed by atoms with E-state index in [0.29, 0.717) is 13.0 Å². The fourth-order valence-corrected chi connectivity index (χ4v) is 2.99. The third kappa shape index (κ3) is 2.97. The highest BCUT2D eigenvalue weighted by molar-refractivity contribution is 7.09. The molecule has 1 N–H and O–H groups in total. The number of fused-ring (bicyclic) bond motifs is 1. The summed E-state index contributed by atoms with van der Waals surface area (Å²) in [6.45, 7) is 2.54. The first-order chi connectivity index (χ1) is 10.1. The number of hydrogen-bond acceptors (Lipinski definition) is 3. The number of rotatable bonds is 4. The van der Waals surface area contributed by atoms with Crippen LogP contribution in [0.2, 0.25) is 0 Å². The molecule has 4 nitrogen and oxygen atoms in total. The van der Waals surface area contributed by atoms with Gasteiger partial charge in [-0.15, -0.1) is 11.3 Å². The molecular formula is C16H17N3OS. The maximum atomic E-state index is 12.4. The number of nitrogens with zero attached hydrogens (tertiary/aromatic N) is 2. The molecule has 0 aliphatic heterocycles. The van der Waals surface area contributed by atoms with Gasteiger partial charge in [-0.25, -0.2) is 4.98 Å². The zero-order chi connectivity index (χ0) is 14.8. The predicted molar refractivity (Wildman–Crippen MR) is 85.3 cm³/mol. The Hall–Kier alpha value is -2.14. The van der Waals surface area contributed by atoms with Crippen LogP contribution in [0.15, 0.2) is 35.8 Å². The fourth-order valence-electron chi connectivity index (χ4n) is 2.39. The fraction of sp³-hybridized carbons (Fsp3) is 0.250. The number of nitrogens with one attached hydrogen (secondary N) is 1. The second-order valence-corrected chi connectivity index (χ2v) is 6.21. The van der Waals surface area contributed by atoms with Gasteiger partial charge in [0, 0.05) is 29.5 Å². The number of aromatic amines is 1. The first-order valence-electron chi connectivity index (χ1n) is 6.83. The molecule has 0 aliphatic rings. The van der Waals surface area contributed by atoms with Crippen LogP contribution in [0.3, 0.4) is 0 Å². The predicted octanol–water partition coefficient (Wildman–Crippen LogP) is 3.13. The molecule has 2 heterocycles. The van der Waals surface area contributed by atoms with Gasteiger partial charge in [-0.05, 0) is 18.6 Å². The minimum absolute atomic E-state index is 0.102. The number of H-pyrrole nitrogens is 1. The topological polar surface area (TPSA) is 49.0 Å². The van der Waals surface area contributed by atoms with Crippen molar-refractivity contribution in [3.05, 3.63) is 52.1 Å². The van der Waals surface area contributed by atoms with Crippen LogP contribution < -0.4 is 0 Å². The number of aromatic nitrogens is 2. The zero-order valence-electron chi connectivity index (χ0n) is 12.1. The Bertz CT molecular complexity index is 775. The molecular weight excluding hydrogens is 282 g/mol. The van der Waals surface area contributed by atoms with E-state index in [9.17, 15) is 4.79 Å². The molecule has 2 aromatic heterocycles. The lowest BCUT2D eigenvalue weighted by Crippen LogP contribution is -2.27. The maximum Gasteiger partial charge on any atom is 0.227 e. The van der Waals surface area contributed by atoms with E-state index in [4.69, 9.17) is 0 Å². The van der Waals surface area contributed by atoms with E-state index < -0.39 is 0 Å². The molecule has 0 saturated carbocycles. The average Bonchev–Trinajstić information content (AvgIpc) is 3.06. The van der Waals surface area contributed by atoms with Gasteiger partial charge in [0.15, 0.2) is 0 Å². The Labute approximate surface area is 127 Å². The molecule has 0 saturated heterocycles. The van der Waals surface area contributed by atoms with Crippen molar-refractivity contribution in [1.29, 1.82) is 0 Å². The van der Waals surface area contributed by atoms with E-state index in [1.807, 2.05) is 49.8 Å². The van der Waals surface area contributed by atoms with Gasteiger partial charge in [-0.3, -0.25) is 4.79 Å². The normalized spacial score (nSPS) is 11.0. The minimum atomic E-state index is 0.102. The van der Waals surface area contributed by atoms with Crippen molar-refractivity contribution in [2.45, 2.75) is 19.9 Å². The molecule has 108 valence electrons. The second-order valence-electron chi connectivity index (χ2n) is 5.14. The van der Waals surface area contributed by atoms with Crippen LogP contribution in [-0.4, -0.2) is 27.8 Å². The van der Waals surface area contributed by atoms with Crippen molar-refractivity contribution < 1.29 is 4.79 Å². The number of amides is 1. The largest absolute Gasteiger partial charge is 0.361 e. The molecule has 3 aromatic rings. The van der Waals surface area contributed by atoms with Gasteiger partial charge in [0.05, 0.1) is 23.7 Å². The molecule has 0 bridgehead atoms. The van der Waals surface area contributed by atoms with Crippen LogP contribution in [-0.2, 0) is 17.8 Å². The van der Waals surface area contributed by atoms with E-state index >= 15 is 0 Å². The van der Waals surface area contributed by atoms with E-state index in [1.165, 1.54) is 0 Å². The van der Waals surface area contributed by atoms with Gasteiger partial charge in [0.25, 0.3) is 0 Å². The molecule has 0 aliphatic carbocycles. The van der Waals surface area contributed by atoms with Gasteiger partial charge in [0.1, 0.15) is 0 Å². The number of thiazole rings is 1. The molecule has 0 radical (unpaired) electrons. The van der Waals surface area contributed by atoms with E-state index in [0.717, 1.165) is 27.2 Å². The Morgan fingerprint density at radius 2 is 2.19 bits per heavy atom. The summed E-state index contributed by atoms with van der Waals surface area (Å²) in [6.07, 6.45) is 2.33. The first-order valence-corrected chi connectivity index (χ1v) is 7.71. The lowest BCUT2D eigenvalue weighted by molar-refractivity contribution is -0.129. The van der Waals surface area contributed by atoms with Crippen molar-refractivity contribution in [2.75, 3.05) is 7.05 Å². The number of hydrogen-bond donors (Lipinski definition) is 1. The summed E-state index contributed by atoms with van der Waals surface area (Å²) in [5.74, 6) is 0.102. The van der Waals surface area contributed by atoms with Crippen molar-refractivity contribution in [1.82, 2.24) is 14.9 Å². The molecule has 0 spiro atoms. The Balaban J connectivity index is 1.70. The Morgan fingerprint density at radius 3 is 2.95 bits per heavy atom. The third-order valence-electron chi connectivity index (χ3n) is 3.51. The summed E-state index contributed by atoms with van der Waals surface area (Å²) in [5, 5.41) is 4.15. The number of carbonyl (C=O) groups excluding carboxylic acids is 1. The minimum Gasteiger partial charge on any atom is -0.361 e. The number of para-hydroxylation sites is 1. The summed E-state index contributed by atoms with van der Waals surface area (Å²) in [4.78, 5) is 21.7. The highest BCUT2D eigenvalue weighted by Gasteiger charge is 2.14. The Kier molecular flexibility index (Phi) is 3.75. The van der Waals surface area contributed by atoms with Gasteiger partial charge in [-0.2, -0.15) is 0 Å². The van der Waals surface area contributed by atoms with Crippen molar-refractivity contribution >= 4 is 28.1 Å². The number of carbonyl (C=O) groups is 1. The van der Waals surface area contributed by atoms with Crippen LogP contribution in [0.25, 0.3) is 10.9 Å². The number of benzene rings is 1. The summed E-state index contributed by atoms with van der Waals surface area (Å²) in [5.41, 5.74) is 3.06. The van der Waals surface area contributed by atoms with Crippen molar-refractivity contribution in [2.24, 2.45) is 0 Å². The average molecular weight is 299 g/mol. The van der Waals surface area contributed by atoms with E-state index in [1.54, 1.807) is 16.2 Å². The van der Waals surface area contributed by atoms with Crippen LogP contribution in [0.4, 0.5) is 0 Å². The molecule has 1 aromatic carbocycles. The smallest absolute Gasteiger partial charge is 0.227 e. The summed E-state index contributed by atoms with van der Waals surface area (Å²) in [7, 11) is 1.83. The molecule has 5 heteroatoms. The summed E-state index contributed by atoms with van der Waals surface area (Å²) in [6, 6.07) is 8.04. The van der Waals surface area contributed by atoms with Gasteiger partial charge < -0.3 is 9.88 Å². The van der Waals surface area contributed by atoms with Crippen molar-refractivity contribution in [3.63, 3.8) is 0 Å². The van der Waals surface area contributed by atoms with E-state index in [-0.39, 0.29) is 5.91 Å². The quantitative estimate of drug-likeness (QED) is 0.804. The standard InChI is InChI=1S/C16H17N3OS/c1-11-18-13(10-21-11)9-19(2)16(20)7-12-8-17-15-6-4-3-5-14(12)15/h3-6,8,10,17H,7,9H2,1-2H3. The summed E-state index contributed by atoms with van der Waals surface area (Å²) >= 11 is 1.61. The number of aryl methyl sites for hydroxylation is 1. The first kappa shape index (κ1) is 13.8. The van der Waals surface area contributed by atoms with Gasteiger partial charge >= 0.3 is 0 Å². The molecule has 1 amide bonds. The lowest BCUT2D eigenvalue weighted by atomic mass is 10.1. The van der Waals surface area contributed by atoms with E-state index in [2.05, 4.69) is 9.97 Å². The van der Waals surface area contributed by atoms with Gasteiger partial charge in [-0.1, -0.05) is 18.2 Å². The van der Waals surface area contributed by atoms with Crippen LogP contribution in [0.5, 0.6) is 0 Å². The SMILES string of the molecule is Cc1nc(CN(C)C(=O)Cc2c[nH]c3ccccc23)cs1. The van der Waals surface area contributed by atoms with Gasteiger partial charge in [0.2, 0.25) is 5.91 Å². The van der Waals surface area contributed by atoms with Crippen LogP contribution in [0.1, 0.15) is 16.3 Å².